The van der Waals surface area contributed by atoms with Crippen LogP contribution in [0, 0.1) is 5.82 Å². The van der Waals surface area contributed by atoms with Crippen LogP contribution in [0.1, 0.15) is 0 Å². The fraction of sp³-hybridized carbons (Fsp3) is 0.0714. The van der Waals surface area contributed by atoms with Gasteiger partial charge in [0.15, 0.2) is 5.82 Å². The molecule has 1 heterocycles. The predicted molar refractivity (Wildman–Crippen MR) is 75.5 cm³/mol. The van der Waals surface area contributed by atoms with Crippen molar-refractivity contribution in [3.63, 3.8) is 0 Å². The lowest BCUT2D eigenvalue weighted by Gasteiger charge is -2.11. The quantitative estimate of drug-likeness (QED) is 0.745. The molecule has 6 nitrogen and oxygen atoms in total. The number of hydrogen-bond acceptors (Lipinski definition) is 5. The molecule has 0 unspecified atom stereocenters. The lowest BCUT2D eigenvalue weighted by Crippen LogP contribution is -2.05. The fourth-order valence-electron chi connectivity index (χ4n) is 2.09. The maximum atomic E-state index is 14.0. The molecular formula is C14H12FN5O. The van der Waals surface area contributed by atoms with E-state index in [1.165, 1.54) is 17.9 Å². The van der Waals surface area contributed by atoms with E-state index in [9.17, 15) is 4.39 Å². The number of hydrogen-bond donors (Lipinski definition) is 1. The highest BCUT2D eigenvalue weighted by atomic mass is 19.1. The molecule has 7 heteroatoms. The second kappa shape index (κ2) is 5.20. The summed E-state index contributed by atoms with van der Waals surface area (Å²) in [6, 6.07) is 11.4. The summed E-state index contributed by atoms with van der Waals surface area (Å²) in [7, 11) is 1.52. The van der Waals surface area contributed by atoms with Crippen LogP contribution in [0.4, 0.5) is 10.1 Å². The number of nitrogens with zero attached hydrogens (tertiary/aromatic N) is 4. The highest BCUT2D eigenvalue weighted by Gasteiger charge is 2.19. The van der Waals surface area contributed by atoms with Crippen molar-refractivity contribution in [2.75, 3.05) is 12.8 Å². The van der Waals surface area contributed by atoms with E-state index in [2.05, 4.69) is 15.5 Å². The van der Waals surface area contributed by atoms with Crippen molar-refractivity contribution < 1.29 is 9.13 Å². The zero-order valence-corrected chi connectivity index (χ0v) is 11.2. The number of halogens is 1. The molecule has 0 fully saturated rings. The van der Waals surface area contributed by atoms with E-state index in [4.69, 9.17) is 10.5 Å². The summed E-state index contributed by atoms with van der Waals surface area (Å²) in [4.78, 5) is 0. The second-order valence-corrected chi connectivity index (χ2v) is 4.29. The summed E-state index contributed by atoms with van der Waals surface area (Å²) in [5.41, 5.74) is 7.20. The molecule has 0 radical (unpaired) electrons. The minimum absolute atomic E-state index is 0.239. The van der Waals surface area contributed by atoms with Gasteiger partial charge in [0.1, 0.15) is 17.3 Å². The first-order valence-corrected chi connectivity index (χ1v) is 6.18. The van der Waals surface area contributed by atoms with Crippen molar-refractivity contribution in [2.24, 2.45) is 0 Å². The third-order valence-corrected chi connectivity index (χ3v) is 3.05. The van der Waals surface area contributed by atoms with Gasteiger partial charge in [0.2, 0.25) is 0 Å². The Labute approximate surface area is 120 Å². The molecule has 3 aromatic rings. The molecule has 3 rings (SSSR count). The smallest absolute Gasteiger partial charge is 0.193 e. The van der Waals surface area contributed by atoms with Crippen LogP contribution in [0.5, 0.6) is 5.75 Å². The van der Waals surface area contributed by atoms with Crippen LogP contribution in [0.2, 0.25) is 0 Å². The Kier molecular flexibility index (Phi) is 3.23. The number of aromatic nitrogens is 4. The maximum Gasteiger partial charge on any atom is 0.193 e. The molecule has 1 aromatic heterocycles. The number of tetrazole rings is 1. The molecule has 0 aliphatic rings. The molecule has 106 valence electrons. The first-order valence-electron chi connectivity index (χ1n) is 6.18. The summed E-state index contributed by atoms with van der Waals surface area (Å²) < 4.78 is 20.5. The average Bonchev–Trinajstić information content (AvgIpc) is 2.96. The summed E-state index contributed by atoms with van der Waals surface area (Å²) in [6.45, 7) is 0. The number of methoxy groups -OCH3 is 1. The Bertz CT molecular complexity index is 787. The van der Waals surface area contributed by atoms with E-state index in [1.54, 1.807) is 36.4 Å². The Balaban J connectivity index is 2.24. The number of anilines is 1. The van der Waals surface area contributed by atoms with Crippen molar-refractivity contribution in [3.05, 3.63) is 48.3 Å². The molecule has 0 atom stereocenters. The average molecular weight is 285 g/mol. The Morgan fingerprint density at radius 1 is 1.14 bits per heavy atom. The molecular weight excluding hydrogens is 273 g/mol. The van der Waals surface area contributed by atoms with E-state index in [1.807, 2.05) is 0 Å². The van der Waals surface area contributed by atoms with E-state index in [-0.39, 0.29) is 5.69 Å². The highest BCUT2D eigenvalue weighted by Crippen LogP contribution is 2.34. The van der Waals surface area contributed by atoms with Gasteiger partial charge < -0.3 is 10.5 Å². The zero-order valence-electron chi connectivity index (χ0n) is 11.2. The number of para-hydroxylation sites is 1. The normalized spacial score (nSPS) is 10.6. The van der Waals surface area contributed by atoms with E-state index >= 15 is 0 Å². The largest absolute Gasteiger partial charge is 0.496 e. The molecule has 0 aliphatic heterocycles. The van der Waals surface area contributed by atoms with Crippen LogP contribution >= 0.6 is 0 Å². The first kappa shape index (κ1) is 13.0. The van der Waals surface area contributed by atoms with Crippen LogP contribution in [0.25, 0.3) is 17.1 Å². The summed E-state index contributed by atoms with van der Waals surface area (Å²) in [5.74, 6) is 0.400. The standard InChI is InChI=1S/C14H12FN5O/c1-21-12-8-4-6-10(16)13(12)14-17-18-19-20(14)11-7-3-2-5-9(11)15/h2-8H,16H2,1H3. The number of rotatable bonds is 3. The summed E-state index contributed by atoms with van der Waals surface area (Å²) in [5, 5.41) is 11.4. The Hall–Kier alpha value is -2.96. The highest BCUT2D eigenvalue weighted by molar-refractivity contribution is 5.78. The fourth-order valence-corrected chi connectivity index (χ4v) is 2.09. The third-order valence-electron chi connectivity index (χ3n) is 3.05. The molecule has 0 amide bonds. The van der Waals surface area contributed by atoms with Crippen molar-refractivity contribution in [3.8, 4) is 22.8 Å². The van der Waals surface area contributed by atoms with Gasteiger partial charge in [-0.15, -0.1) is 5.10 Å². The molecule has 21 heavy (non-hydrogen) atoms. The van der Waals surface area contributed by atoms with Gasteiger partial charge in [0, 0.05) is 5.69 Å². The molecule has 0 saturated heterocycles. The number of ether oxygens (including phenoxy) is 1. The lowest BCUT2D eigenvalue weighted by molar-refractivity contribution is 0.416. The number of nitrogens with two attached hydrogens (primary N) is 1. The number of nitrogen functional groups attached to an aromatic ring is 1. The van der Waals surface area contributed by atoms with Crippen LogP contribution in [0.3, 0.4) is 0 Å². The molecule has 2 N–H and O–H groups in total. The van der Waals surface area contributed by atoms with Crippen molar-refractivity contribution in [1.82, 2.24) is 20.2 Å². The van der Waals surface area contributed by atoms with Gasteiger partial charge in [-0.2, -0.15) is 4.68 Å². The van der Waals surface area contributed by atoms with Crippen molar-refractivity contribution in [2.45, 2.75) is 0 Å². The van der Waals surface area contributed by atoms with Gasteiger partial charge in [-0.25, -0.2) is 4.39 Å². The van der Waals surface area contributed by atoms with Gasteiger partial charge >= 0.3 is 0 Å². The number of benzene rings is 2. The SMILES string of the molecule is COc1cccc(N)c1-c1nnnn1-c1ccccc1F. The summed E-state index contributed by atoms with van der Waals surface area (Å²) in [6.07, 6.45) is 0. The van der Waals surface area contributed by atoms with Crippen molar-refractivity contribution in [1.29, 1.82) is 0 Å². The molecule has 0 saturated carbocycles. The van der Waals surface area contributed by atoms with E-state index in [0.717, 1.165) is 0 Å². The zero-order chi connectivity index (χ0) is 14.8. The Morgan fingerprint density at radius 3 is 2.71 bits per heavy atom. The Morgan fingerprint density at radius 2 is 1.95 bits per heavy atom. The summed E-state index contributed by atoms with van der Waals surface area (Å²) >= 11 is 0. The van der Waals surface area contributed by atoms with Crippen molar-refractivity contribution >= 4 is 5.69 Å². The van der Waals surface area contributed by atoms with E-state index < -0.39 is 5.82 Å². The van der Waals surface area contributed by atoms with Crippen LogP contribution in [-0.4, -0.2) is 27.3 Å². The van der Waals surface area contributed by atoms with Gasteiger partial charge in [-0.3, -0.25) is 0 Å². The molecule has 0 aliphatic carbocycles. The molecule has 0 spiro atoms. The van der Waals surface area contributed by atoms with Gasteiger partial charge in [-0.05, 0) is 34.7 Å². The lowest BCUT2D eigenvalue weighted by atomic mass is 10.1. The first-order chi connectivity index (χ1) is 10.2. The van der Waals surface area contributed by atoms with Crippen LogP contribution < -0.4 is 10.5 Å². The van der Waals surface area contributed by atoms with Gasteiger partial charge in [0.25, 0.3) is 0 Å². The van der Waals surface area contributed by atoms with Crippen LogP contribution in [0.15, 0.2) is 42.5 Å². The minimum atomic E-state index is -0.431. The predicted octanol–water partition coefficient (Wildman–Crippen LogP) is 2.06. The second-order valence-electron chi connectivity index (χ2n) is 4.29. The van der Waals surface area contributed by atoms with E-state index in [0.29, 0.717) is 22.8 Å². The monoisotopic (exact) mass is 285 g/mol. The molecule has 0 bridgehead atoms. The van der Waals surface area contributed by atoms with Crippen LogP contribution in [-0.2, 0) is 0 Å². The minimum Gasteiger partial charge on any atom is -0.496 e. The maximum absolute atomic E-state index is 14.0. The van der Waals surface area contributed by atoms with Gasteiger partial charge in [-0.1, -0.05) is 18.2 Å². The van der Waals surface area contributed by atoms with Gasteiger partial charge in [0.05, 0.1) is 12.7 Å². The topological polar surface area (TPSA) is 78.8 Å². The molecule has 2 aromatic carbocycles. The third kappa shape index (κ3) is 2.18.